The number of hydrogen-bond donors (Lipinski definition) is 1. The fraction of sp³-hybridized carbons (Fsp3) is 0.400. The van der Waals surface area contributed by atoms with Crippen LogP contribution in [0.3, 0.4) is 0 Å². The Morgan fingerprint density at radius 3 is 3.19 bits per heavy atom. The van der Waals surface area contributed by atoms with Gasteiger partial charge in [-0.1, -0.05) is 0 Å². The van der Waals surface area contributed by atoms with Crippen molar-refractivity contribution in [1.29, 1.82) is 0 Å². The second-order valence-corrected chi connectivity index (χ2v) is 5.17. The highest BCUT2D eigenvalue weighted by Crippen LogP contribution is 2.16. The molecule has 0 spiro atoms. The highest BCUT2D eigenvalue weighted by Gasteiger charge is 2.04. The summed E-state index contributed by atoms with van der Waals surface area (Å²) in [5.74, 6) is 1.84. The molecule has 2 heterocycles. The molecule has 0 saturated carbocycles. The first-order chi connectivity index (χ1) is 7.81. The largest absolute Gasteiger partial charge is 0.353 e. The van der Waals surface area contributed by atoms with E-state index in [1.165, 1.54) is 0 Å². The molecule has 0 aliphatic heterocycles. The summed E-state index contributed by atoms with van der Waals surface area (Å²) in [4.78, 5) is 4.40. The zero-order chi connectivity index (χ0) is 11.4. The quantitative estimate of drug-likeness (QED) is 0.862. The van der Waals surface area contributed by atoms with Crippen LogP contribution in [0.4, 0.5) is 5.95 Å². The van der Waals surface area contributed by atoms with Crippen molar-refractivity contribution in [1.82, 2.24) is 14.6 Å². The molecule has 0 unspecified atom stereocenters. The minimum atomic E-state index is 0.688. The van der Waals surface area contributed by atoms with Crippen molar-refractivity contribution < 1.29 is 0 Å². The SMILES string of the molecule is CSCCCNc1nc2c(Br)cccn2n1. The molecule has 6 heteroatoms. The van der Waals surface area contributed by atoms with Crippen LogP contribution >= 0.6 is 27.7 Å². The maximum Gasteiger partial charge on any atom is 0.243 e. The molecular weight excluding hydrogens is 288 g/mol. The third kappa shape index (κ3) is 2.68. The summed E-state index contributed by atoms with van der Waals surface area (Å²) in [6, 6.07) is 3.89. The van der Waals surface area contributed by atoms with Gasteiger partial charge < -0.3 is 5.32 Å². The highest BCUT2D eigenvalue weighted by atomic mass is 79.9. The van der Waals surface area contributed by atoms with Gasteiger partial charge in [0.15, 0.2) is 5.65 Å². The van der Waals surface area contributed by atoms with Crippen LogP contribution in [0.25, 0.3) is 5.65 Å². The molecule has 1 N–H and O–H groups in total. The van der Waals surface area contributed by atoms with Gasteiger partial charge in [0.1, 0.15) is 0 Å². The van der Waals surface area contributed by atoms with Gasteiger partial charge in [0.05, 0.1) is 4.47 Å². The number of nitrogens with zero attached hydrogens (tertiary/aromatic N) is 3. The Hall–Kier alpha value is -0.750. The van der Waals surface area contributed by atoms with Gasteiger partial charge in [0.25, 0.3) is 0 Å². The number of halogens is 1. The molecule has 0 aromatic carbocycles. The summed E-state index contributed by atoms with van der Waals surface area (Å²) in [6.07, 6.45) is 5.12. The Balaban J connectivity index is 2.05. The van der Waals surface area contributed by atoms with E-state index >= 15 is 0 Å². The van der Waals surface area contributed by atoms with E-state index in [9.17, 15) is 0 Å². The van der Waals surface area contributed by atoms with Crippen molar-refractivity contribution in [2.45, 2.75) is 6.42 Å². The zero-order valence-electron chi connectivity index (χ0n) is 8.98. The molecule has 0 bridgehead atoms. The van der Waals surface area contributed by atoms with Crippen LogP contribution in [0.15, 0.2) is 22.8 Å². The lowest BCUT2D eigenvalue weighted by Gasteiger charge is -1.98. The van der Waals surface area contributed by atoms with Gasteiger partial charge in [-0.25, -0.2) is 4.52 Å². The fourth-order valence-corrected chi connectivity index (χ4v) is 2.22. The van der Waals surface area contributed by atoms with Gasteiger partial charge >= 0.3 is 0 Å². The van der Waals surface area contributed by atoms with Gasteiger partial charge in [-0.3, -0.25) is 0 Å². The molecule has 0 amide bonds. The normalized spacial score (nSPS) is 10.9. The van der Waals surface area contributed by atoms with Crippen molar-refractivity contribution in [2.75, 3.05) is 23.9 Å². The van der Waals surface area contributed by atoms with E-state index in [0.717, 1.165) is 28.8 Å². The predicted octanol–water partition coefficient (Wildman–Crippen LogP) is 2.66. The summed E-state index contributed by atoms with van der Waals surface area (Å²) in [5.41, 5.74) is 0.842. The first kappa shape index (κ1) is 11.7. The second kappa shape index (κ2) is 5.54. The number of thioether (sulfide) groups is 1. The summed E-state index contributed by atoms with van der Waals surface area (Å²) in [6.45, 7) is 0.912. The Morgan fingerprint density at radius 2 is 2.44 bits per heavy atom. The first-order valence-corrected chi connectivity index (χ1v) is 7.23. The van der Waals surface area contributed by atoms with Crippen LogP contribution in [0, 0.1) is 0 Å². The minimum absolute atomic E-state index is 0.688. The van der Waals surface area contributed by atoms with Gasteiger partial charge in [-0.05, 0) is 46.5 Å². The van der Waals surface area contributed by atoms with Crippen LogP contribution in [-0.4, -0.2) is 33.2 Å². The van der Waals surface area contributed by atoms with E-state index in [1.54, 1.807) is 4.52 Å². The average Bonchev–Trinajstić information content (AvgIpc) is 2.69. The Morgan fingerprint density at radius 1 is 1.56 bits per heavy atom. The van der Waals surface area contributed by atoms with Crippen molar-refractivity contribution in [3.8, 4) is 0 Å². The number of pyridine rings is 1. The molecule has 16 heavy (non-hydrogen) atoms. The monoisotopic (exact) mass is 300 g/mol. The lowest BCUT2D eigenvalue weighted by Crippen LogP contribution is -2.04. The van der Waals surface area contributed by atoms with E-state index in [1.807, 2.05) is 30.1 Å². The molecular formula is C10H13BrN4S. The number of hydrogen-bond acceptors (Lipinski definition) is 4. The molecule has 0 aliphatic carbocycles. The summed E-state index contributed by atoms with van der Waals surface area (Å²) in [5, 5.41) is 7.55. The van der Waals surface area contributed by atoms with Crippen molar-refractivity contribution in [3.63, 3.8) is 0 Å². The highest BCUT2D eigenvalue weighted by molar-refractivity contribution is 9.10. The minimum Gasteiger partial charge on any atom is -0.353 e. The Labute approximate surface area is 107 Å². The second-order valence-electron chi connectivity index (χ2n) is 3.33. The third-order valence-corrected chi connectivity index (χ3v) is 3.44. The molecule has 0 radical (unpaired) electrons. The van der Waals surface area contributed by atoms with Crippen molar-refractivity contribution in [2.24, 2.45) is 0 Å². The van der Waals surface area contributed by atoms with E-state index in [2.05, 4.69) is 37.6 Å². The van der Waals surface area contributed by atoms with Crippen LogP contribution in [0.1, 0.15) is 6.42 Å². The number of rotatable bonds is 5. The Bertz CT molecular complexity index is 471. The summed E-state index contributed by atoms with van der Waals surface area (Å²) in [7, 11) is 0. The molecule has 2 aromatic rings. The first-order valence-electron chi connectivity index (χ1n) is 5.05. The molecule has 2 aromatic heterocycles. The van der Waals surface area contributed by atoms with Gasteiger partial charge in [0.2, 0.25) is 5.95 Å². The Kier molecular flexibility index (Phi) is 4.06. The van der Waals surface area contributed by atoms with Crippen LogP contribution in [0.2, 0.25) is 0 Å². The van der Waals surface area contributed by atoms with E-state index in [-0.39, 0.29) is 0 Å². The zero-order valence-corrected chi connectivity index (χ0v) is 11.4. The predicted molar refractivity (Wildman–Crippen MR) is 72.2 cm³/mol. The topological polar surface area (TPSA) is 42.2 Å². The summed E-state index contributed by atoms with van der Waals surface area (Å²) < 4.78 is 2.72. The van der Waals surface area contributed by atoms with Gasteiger partial charge in [-0.15, -0.1) is 5.10 Å². The number of aromatic nitrogens is 3. The molecule has 0 atom stereocenters. The van der Waals surface area contributed by atoms with E-state index < -0.39 is 0 Å². The molecule has 0 fully saturated rings. The number of nitrogens with one attached hydrogen (secondary N) is 1. The van der Waals surface area contributed by atoms with Crippen molar-refractivity contribution >= 4 is 39.3 Å². The smallest absolute Gasteiger partial charge is 0.243 e. The van der Waals surface area contributed by atoms with Gasteiger partial charge in [0, 0.05) is 12.7 Å². The molecule has 2 rings (SSSR count). The van der Waals surface area contributed by atoms with E-state index in [4.69, 9.17) is 0 Å². The lowest BCUT2D eigenvalue weighted by molar-refractivity contribution is 0.928. The third-order valence-electron chi connectivity index (χ3n) is 2.12. The maximum absolute atomic E-state index is 4.40. The molecule has 0 saturated heterocycles. The lowest BCUT2D eigenvalue weighted by atomic mass is 10.5. The number of fused-ring (bicyclic) bond motifs is 1. The molecule has 0 aliphatic rings. The molecule has 4 nitrogen and oxygen atoms in total. The van der Waals surface area contributed by atoms with Crippen LogP contribution in [0.5, 0.6) is 0 Å². The fourth-order valence-electron chi connectivity index (χ4n) is 1.37. The van der Waals surface area contributed by atoms with E-state index in [0.29, 0.717) is 5.95 Å². The van der Waals surface area contributed by atoms with Gasteiger partial charge in [-0.2, -0.15) is 16.7 Å². The van der Waals surface area contributed by atoms with Crippen molar-refractivity contribution in [3.05, 3.63) is 22.8 Å². The maximum atomic E-state index is 4.40. The number of anilines is 1. The average molecular weight is 301 g/mol. The standard InChI is InChI=1S/C10H13BrN4S/c1-16-7-3-5-12-10-13-9-8(11)4-2-6-15(9)14-10/h2,4,6H,3,5,7H2,1H3,(H,12,14). The summed E-state index contributed by atoms with van der Waals surface area (Å²) >= 11 is 5.30. The molecule has 86 valence electrons. The van der Waals surface area contributed by atoms with Crippen LogP contribution in [-0.2, 0) is 0 Å². The van der Waals surface area contributed by atoms with Crippen LogP contribution < -0.4 is 5.32 Å².